The van der Waals surface area contributed by atoms with E-state index in [0.29, 0.717) is 10.6 Å². The van der Waals surface area contributed by atoms with Crippen LogP contribution >= 0.6 is 23.4 Å². The quantitative estimate of drug-likeness (QED) is 0.414. The number of carbonyl (C=O) groups excluding carboxylic acids is 3. The molecule has 8 nitrogen and oxygen atoms in total. The van der Waals surface area contributed by atoms with E-state index in [1.807, 2.05) is 0 Å². The summed E-state index contributed by atoms with van der Waals surface area (Å²) in [6, 6.07) is 12.5. The number of carbonyl (C=O) groups is 3. The van der Waals surface area contributed by atoms with Crippen LogP contribution in [-0.4, -0.2) is 33.4 Å². The number of amides is 3. The van der Waals surface area contributed by atoms with Crippen molar-refractivity contribution in [2.45, 2.75) is 6.42 Å². The third-order valence-corrected chi connectivity index (χ3v) is 5.14. The zero-order chi connectivity index (χ0) is 21.0. The fourth-order valence-electron chi connectivity index (χ4n) is 2.57. The van der Waals surface area contributed by atoms with Crippen LogP contribution in [0.2, 0.25) is 5.02 Å². The summed E-state index contributed by atoms with van der Waals surface area (Å²) in [7, 11) is 0. The molecule has 29 heavy (non-hydrogen) atoms. The molecule has 0 saturated carbocycles. The summed E-state index contributed by atoms with van der Waals surface area (Å²) in [5.74, 6) is -1.03. The SMILES string of the molecule is O=C(CCN1C(=O)S/C(=C\c2ccc(Cl)cc2)C1=O)Nc1ccccc1[N+](=O)[O-]. The zero-order valence-corrected chi connectivity index (χ0v) is 16.4. The molecule has 0 aromatic heterocycles. The van der Waals surface area contributed by atoms with Gasteiger partial charge in [0.25, 0.3) is 16.8 Å². The summed E-state index contributed by atoms with van der Waals surface area (Å²) < 4.78 is 0. The lowest BCUT2D eigenvalue weighted by atomic mass is 10.2. The molecule has 1 heterocycles. The zero-order valence-electron chi connectivity index (χ0n) is 14.8. The molecular weight excluding hydrogens is 418 g/mol. The maximum atomic E-state index is 12.5. The third kappa shape index (κ3) is 5.01. The van der Waals surface area contributed by atoms with Crippen molar-refractivity contribution in [3.8, 4) is 0 Å². The normalized spacial score (nSPS) is 15.1. The van der Waals surface area contributed by atoms with Crippen LogP contribution in [0, 0.1) is 10.1 Å². The van der Waals surface area contributed by atoms with Gasteiger partial charge >= 0.3 is 0 Å². The van der Waals surface area contributed by atoms with Crippen molar-refractivity contribution in [3.63, 3.8) is 0 Å². The molecule has 0 atom stereocenters. The molecule has 2 aromatic rings. The van der Waals surface area contributed by atoms with Gasteiger partial charge in [-0.05, 0) is 41.6 Å². The average Bonchev–Trinajstić information content (AvgIpc) is 2.95. The predicted octanol–water partition coefficient (Wildman–Crippen LogP) is 4.31. The molecule has 0 unspecified atom stereocenters. The van der Waals surface area contributed by atoms with E-state index < -0.39 is 22.0 Å². The minimum atomic E-state index is -0.604. The topological polar surface area (TPSA) is 110 Å². The number of hydrogen-bond donors (Lipinski definition) is 1. The number of hydrogen-bond acceptors (Lipinski definition) is 6. The van der Waals surface area contributed by atoms with Gasteiger partial charge in [0.2, 0.25) is 5.91 Å². The van der Waals surface area contributed by atoms with Crippen LogP contribution in [0.5, 0.6) is 0 Å². The second-order valence-electron chi connectivity index (χ2n) is 5.96. The largest absolute Gasteiger partial charge is 0.320 e. The predicted molar refractivity (Wildman–Crippen MR) is 110 cm³/mol. The van der Waals surface area contributed by atoms with E-state index in [1.165, 1.54) is 18.2 Å². The number of nitro groups is 1. The summed E-state index contributed by atoms with van der Waals surface area (Å²) in [4.78, 5) is 48.4. The van der Waals surface area contributed by atoms with E-state index in [2.05, 4.69) is 5.32 Å². The Morgan fingerprint density at radius 2 is 1.86 bits per heavy atom. The fraction of sp³-hybridized carbons (Fsp3) is 0.105. The number of thioether (sulfide) groups is 1. The molecule has 0 bridgehead atoms. The standard InChI is InChI=1S/C19H14ClN3O5S/c20-13-7-5-12(6-8-13)11-16-18(25)22(19(26)29-16)10-9-17(24)21-14-3-1-2-4-15(14)23(27)28/h1-8,11H,9-10H2,(H,21,24)/b16-11-. The van der Waals surface area contributed by atoms with Gasteiger partial charge < -0.3 is 5.32 Å². The molecule has 10 heteroatoms. The van der Waals surface area contributed by atoms with E-state index in [1.54, 1.807) is 36.4 Å². The van der Waals surface area contributed by atoms with Crippen LogP contribution in [0.25, 0.3) is 6.08 Å². The van der Waals surface area contributed by atoms with Crippen LogP contribution < -0.4 is 5.32 Å². The number of rotatable bonds is 6. The van der Waals surface area contributed by atoms with Crippen molar-refractivity contribution < 1.29 is 19.3 Å². The van der Waals surface area contributed by atoms with Crippen molar-refractivity contribution in [1.29, 1.82) is 0 Å². The van der Waals surface area contributed by atoms with E-state index >= 15 is 0 Å². The second kappa shape index (κ2) is 8.89. The molecule has 1 fully saturated rings. The van der Waals surface area contributed by atoms with Gasteiger partial charge in [-0.1, -0.05) is 35.9 Å². The lowest BCUT2D eigenvalue weighted by Gasteiger charge is -2.12. The van der Waals surface area contributed by atoms with Crippen molar-refractivity contribution in [2.24, 2.45) is 0 Å². The number of imide groups is 1. The monoisotopic (exact) mass is 431 g/mol. The Labute approximate surface area is 174 Å². The van der Waals surface area contributed by atoms with Crippen LogP contribution in [0.3, 0.4) is 0 Å². The Morgan fingerprint density at radius 3 is 2.55 bits per heavy atom. The van der Waals surface area contributed by atoms with Gasteiger partial charge in [-0.2, -0.15) is 0 Å². The number of nitrogens with zero attached hydrogens (tertiary/aromatic N) is 2. The number of anilines is 1. The first kappa shape index (κ1) is 20.6. The summed E-state index contributed by atoms with van der Waals surface area (Å²) >= 11 is 6.62. The maximum absolute atomic E-state index is 12.5. The van der Waals surface area contributed by atoms with Crippen molar-refractivity contribution in [2.75, 3.05) is 11.9 Å². The third-order valence-electron chi connectivity index (χ3n) is 3.98. The van der Waals surface area contributed by atoms with E-state index in [4.69, 9.17) is 11.6 Å². The Balaban J connectivity index is 1.63. The van der Waals surface area contributed by atoms with Gasteiger partial charge in [-0.25, -0.2) is 0 Å². The first-order chi connectivity index (χ1) is 13.8. The second-order valence-corrected chi connectivity index (χ2v) is 7.39. The maximum Gasteiger partial charge on any atom is 0.293 e. The number of nitrogens with one attached hydrogen (secondary N) is 1. The Morgan fingerprint density at radius 1 is 1.17 bits per heavy atom. The smallest absolute Gasteiger partial charge is 0.293 e. The van der Waals surface area contributed by atoms with Gasteiger partial charge in [0.05, 0.1) is 9.83 Å². The molecular formula is C19H14ClN3O5S. The molecule has 0 radical (unpaired) electrons. The highest BCUT2D eigenvalue weighted by atomic mass is 35.5. The first-order valence-electron chi connectivity index (χ1n) is 8.39. The Bertz CT molecular complexity index is 1020. The van der Waals surface area contributed by atoms with Gasteiger partial charge in [0.1, 0.15) is 5.69 Å². The van der Waals surface area contributed by atoms with E-state index in [0.717, 1.165) is 16.7 Å². The highest BCUT2D eigenvalue weighted by Gasteiger charge is 2.35. The molecule has 3 amide bonds. The van der Waals surface area contributed by atoms with Gasteiger partial charge in [0, 0.05) is 24.1 Å². The molecule has 0 aliphatic carbocycles. The molecule has 1 aliphatic heterocycles. The van der Waals surface area contributed by atoms with Crippen LogP contribution in [0.4, 0.5) is 16.2 Å². The Hall–Kier alpha value is -3.17. The number of benzene rings is 2. The van der Waals surface area contributed by atoms with Gasteiger partial charge in [-0.3, -0.25) is 29.4 Å². The van der Waals surface area contributed by atoms with Gasteiger partial charge in [0.15, 0.2) is 0 Å². The molecule has 1 N–H and O–H groups in total. The molecule has 1 aliphatic rings. The minimum Gasteiger partial charge on any atom is -0.320 e. The summed E-state index contributed by atoms with van der Waals surface area (Å²) in [6.07, 6.45) is 1.40. The van der Waals surface area contributed by atoms with Crippen LogP contribution in [0.15, 0.2) is 53.4 Å². The van der Waals surface area contributed by atoms with Crippen molar-refractivity contribution in [3.05, 3.63) is 74.1 Å². The van der Waals surface area contributed by atoms with E-state index in [-0.39, 0.29) is 29.2 Å². The van der Waals surface area contributed by atoms with Crippen molar-refractivity contribution >= 4 is 57.9 Å². The number of para-hydroxylation sites is 2. The lowest BCUT2D eigenvalue weighted by molar-refractivity contribution is -0.383. The fourth-order valence-corrected chi connectivity index (χ4v) is 3.56. The molecule has 2 aromatic carbocycles. The van der Waals surface area contributed by atoms with Crippen LogP contribution in [-0.2, 0) is 9.59 Å². The minimum absolute atomic E-state index is 0.0549. The summed E-state index contributed by atoms with van der Waals surface area (Å²) in [6.45, 7) is -0.130. The average molecular weight is 432 g/mol. The highest BCUT2D eigenvalue weighted by molar-refractivity contribution is 8.18. The molecule has 1 saturated heterocycles. The van der Waals surface area contributed by atoms with Gasteiger partial charge in [-0.15, -0.1) is 0 Å². The molecule has 0 spiro atoms. The lowest BCUT2D eigenvalue weighted by Crippen LogP contribution is -2.31. The summed E-state index contributed by atoms with van der Waals surface area (Å²) in [5, 5.41) is 13.5. The highest BCUT2D eigenvalue weighted by Crippen LogP contribution is 2.32. The first-order valence-corrected chi connectivity index (χ1v) is 9.59. The van der Waals surface area contributed by atoms with Crippen LogP contribution in [0.1, 0.15) is 12.0 Å². The molecule has 3 rings (SSSR count). The Kier molecular flexibility index (Phi) is 6.30. The van der Waals surface area contributed by atoms with E-state index in [9.17, 15) is 24.5 Å². The number of nitro benzene ring substituents is 1. The van der Waals surface area contributed by atoms with Crippen molar-refractivity contribution in [1.82, 2.24) is 4.90 Å². The molecule has 148 valence electrons. The number of halogens is 1. The summed E-state index contributed by atoms with van der Waals surface area (Å²) in [5.41, 5.74) is 0.534.